The maximum atomic E-state index is 13.5. The number of thiocarbonyl (C=S) groups is 1. The molecule has 8 heteroatoms. The second-order valence-corrected chi connectivity index (χ2v) is 8.35. The molecule has 5 nitrogen and oxygen atoms in total. The Bertz CT molecular complexity index is 1160. The first kappa shape index (κ1) is 20.9. The smallest absolute Gasteiger partial charge is 0.265 e. The standard InChI is InChI=1S/C23H18FN3O2S2/c1-25-21(28)19(22(29)26(2)23(25)30)14-18-12-13-20(31-18)27(16-6-4-3-5-7-16)17-10-8-15(24)9-11-17/h3-14H,1-2H3. The van der Waals surface area contributed by atoms with Gasteiger partial charge in [0, 0.05) is 30.3 Å². The highest BCUT2D eigenvalue weighted by Crippen LogP contribution is 2.39. The van der Waals surface area contributed by atoms with Crippen molar-refractivity contribution in [2.24, 2.45) is 0 Å². The van der Waals surface area contributed by atoms with E-state index in [2.05, 4.69) is 0 Å². The second kappa shape index (κ2) is 8.41. The number of thiophene rings is 1. The van der Waals surface area contributed by atoms with Crippen LogP contribution >= 0.6 is 23.6 Å². The lowest BCUT2D eigenvalue weighted by atomic mass is 10.1. The molecule has 2 aromatic carbocycles. The van der Waals surface area contributed by atoms with Crippen molar-refractivity contribution < 1.29 is 14.0 Å². The number of benzene rings is 2. The van der Waals surface area contributed by atoms with Gasteiger partial charge in [0.25, 0.3) is 11.8 Å². The van der Waals surface area contributed by atoms with Gasteiger partial charge in [0.1, 0.15) is 16.4 Å². The van der Waals surface area contributed by atoms with Gasteiger partial charge >= 0.3 is 0 Å². The Hall–Kier alpha value is -3.36. The molecule has 156 valence electrons. The highest BCUT2D eigenvalue weighted by Gasteiger charge is 2.35. The molecule has 0 unspecified atom stereocenters. The summed E-state index contributed by atoms with van der Waals surface area (Å²) in [6.07, 6.45) is 1.58. The fraction of sp³-hybridized carbons (Fsp3) is 0.0870. The quantitative estimate of drug-likeness (QED) is 0.320. The number of carbonyl (C=O) groups excluding carboxylic acids is 2. The third-order valence-electron chi connectivity index (χ3n) is 4.86. The molecule has 0 atom stereocenters. The molecule has 1 aliphatic rings. The van der Waals surface area contributed by atoms with Crippen LogP contribution in [0.4, 0.5) is 20.8 Å². The second-order valence-electron chi connectivity index (χ2n) is 6.89. The highest BCUT2D eigenvalue weighted by atomic mass is 32.1. The van der Waals surface area contributed by atoms with Crippen LogP contribution in [0.1, 0.15) is 4.88 Å². The van der Waals surface area contributed by atoms with Crippen LogP contribution in [0.2, 0.25) is 0 Å². The summed E-state index contributed by atoms with van der Waals surface area (Å²) in [4.78, 5) is 30.5. The number of halogens is 1. The van der Waals surface area contributed by atoms with Crippen LogP contribution in [0.5, 0.6) is 0 Å². The number of amides is 2. The molecule has 0 bridgehead atoms. The Morgan fingerprint density at radius 2 is 1.45 bits per heavy atom. The molecule has 1 aliphatic heterocycles. The monoisotopic (exact) mass is 451 g/mol. The van der Waals surface area contributed by atoms with Crippen molar-refractivity contribution in [3.05, 3.63) is 83.0 Å². The topological polar surface area (TPSA) is 43.9 Å². The van der Waals surface area contributed by atoms with E-state index < -0.39 is 11.8 Å². The largest absolute Gasteiger partial charge is 0.302 e. The van der Waals surface area contributed by atoms with Gasteiger partial charge in [0.05, 0.1) is 0 Å². The van der Waals surface area contributed by atoms with Crippen molar-refractivity contribution in [1.29, 1.82) is 0 Å². The van der Waals surface area contributed by atoms with Gasteiger partial charge < -0.3 is 4.90 Å². The van der Waals surface area contributed by atoms with Crippen LogP contribution in [0.25, 0.3) is 6.08 Å². The molecule has 0 radical (unpaired) electrons. The summed E-state index contributed by atoms with van der Waals surface area (Å²) in [5, 5.41) is 1.03. The molecule has 0 saturated carbocycles. The number of likely N-dealkylation sites (N-methyl/N-ethyl adjacent to an activating group) is 2. The first-order valence-corrected chi connectivity index (χ1v) is 10.6. The summed E-state index contributed by atoms with van der Waals surface area (Å²) < 4.78 is 13.5. The maximum absolute atomic E-state index is 13.5. The lowest BCUT2D eigenvalue weighted by Crippen LogP contribution is -2.52. The number of hydrogen-bond acceptors (Lipinski definition) is 5. The van der Waals surface area contributed by atoms with Crippen molar-refractivity contribution in [2.75, 3.05) is 19.0 Å². The van der Waals surface area contributed by atoms with Gasteiger partial charge in [-0.05, 0) is 66.8 Å². The van der Waals surface area contributed by atoms with E-state index in [0.717, 1.165) is 21.3 Å². The van der Waals surface area contributed by atoms with Gasteiger partial charge in [-0.2, -0.15) is 0 Å². The van der Waals surface area contributed by atoms with Crippen LogP contribution in [0, 0.1) is 5.82 Å². The Labute approximate surface area is 188 Å². The van der Waals surface area contributed by atoms with Crippen molar-refractivity contribution in [3.63, 3.8) is 0 Å². The lowest BCUT2D eigenvalue weighted by molar-refractivity contribution is -0.132. The van der Waals surface area contributed by atoms with E-state index in [1.807, 2.05) is 47.4 Å². The van der Waals surface area contributed by atoms with E-state index >= 15 is 0 Å². The molecule has 2 amide bonds. The molecule has 1 fully saturated rings. The van der Waals surface area contributed by atoms with Gasteiger partial charge in [0.2, 0.25) is 0 Å². The molecule has 1 aromatic heterocycles. The first-order chi connectivity index (χ1) is 14.9. The zero-order chi connectivity index (χ0) is 22.1. The molecular weight excluding hydrogens is 433 g/mol. The number of para-hydroxylation sites is 1. The van der Waals surface area contributed by atoms with Gasteiger partial charge in [-0.3, -0.25) is 19.4 Å². The molecule has 1 saturated heterocycles. The van der Waals surface area contributed by atoms with Crippen LogP contribution in [-0.4, -0.2) is 40.8 Å². The predicted octanol–water partition coefficient (Wildman–Crippen LogP) is 4.96. The Morgan fingerprint density at radius 3 is 2.06 bits per heavy atom. The molecule has 4 rings (SSSR count). The number of nitrogens with zero attached hydrogens (tertiary/aromatic N) is 3. The van der Waals surface area contributed by atoms with E-state index in [4.69, 9.17) is 12.2 Å². The third-order valence-corrected chi connectivity index (χ3v) is 6.43. The average molecular weight is 452 g/mol. The van der Waals surface area contributed by atoms with Crippen LogP contribution in [0.3, 0.4) is 0 Å². The van der Waals surface area contributed by atoms with E-state index in [-0.39, 0.29) is 16.5 Å². The van der Waals surface area contributed by atoms with E-state index in [0.29, 0.717) is 0 Å². The summed E-state index contributed by atoms with van der Waals surface area (Å²) in [6.45, 7) is 0. The predicted molar refractivity (Wildman–Crippen MR) is 125 cm³/mol. The van der Waals surface area contributed by atoms with Crippen LogP contribution in [-0.2, 0) is 9.59 Å². The van der Waals surface area contributed by atoms with Gasteiger partial charge in [-0.1, -0.05) is 18.2 Å². The average Bonchev–Trinajstić information content (AvgIpc) is 3.24. The van der Waals surface area contributed by atoms with Gasteiger partial charge in [-0.25, -0.2) is 4.39 Å². The van der Waals surface area contributed by atoms with Crippen molar-refractivity contribution >= 4 is 62.9 Å². The third kappa shape index (κ3) is 3.99. The molecule has 0 aliphatic carbocycles. The zero-order valence-corrected chi connectivity index (χ0v) is 18.4. The molecule has 3 aromatic rings. The minimum Gasteiger partial charge on any atom is -0.302 e. The normalized spacial score (nSPS) is 14.3. The van der Waals surface area contributed by atoms with Crippen LogP contribution < -0.4 is 4.90 Å². The van der Waals surface area contributed by atoms with Crippen molar-refractivity contribution in [2.45, 2.75) is 0 Å². The Kier molecular flexibility index (Phi) is 5.67. The summed E-state index contributed by atoms with van der Waals surface area (Å²) >= 11 is 6.55. The molecule has 0 spiro atoms. The minimum atomic E-state index is -0.429. The Balaban J connectivity index is 1.74. The fourth-order valence-corrected chi connectivity index (χ4v) is 4.39. The van der Waals surface area contributed by atoms with Crippen molar-refractivity contribution in [3.8, 4) is 0 Å². The van der Waals surface area contributed by atoms with E-state index in [9.17, 15) is 14.0 Å². The van der Waals surface area contributed by atoms with E-state index in [1.165, 1.54) is 33.3 Å². The summed E-state index contributed by atoms with van der Waals surface area (Å²) in [7, 11) is 3.10. The minimum absolute atomic E-state index is 0.0556. The lowest BCUT2D eigenvalue weighted by Gasteiger charge is -2.31. The number of carbonyl (C=O) groups is 2. The molecule has 0 N–H and O–H groups in total. The SMILES string of the molecule is CN1C(=O)C(=Cc2ccc(N(c3ccccc3)c3ccc(F)cc3)s2)C(=O)N(C)C1=S. The first-order valence-electron chi connectivity index (χ1n) is 9.39. The summed E-state index contributed by atoms with van der Waals surface area (Å²) in [5.41, 5.74) is 1.76. The number of anilines is 3. The molecule has 2 heterocycles. The van der Waals surface area contributed by atoms with Crippen LogP contribution in [0.15, 0.2) is 72.3 Å². The fourth-order valence-electron chi connectivity index (χ4n) is 3.23. The highest BCUT2D eigenvalue weighted by molar-refractivity contribution is 7.80. The van der Waals surface area contributed by atoms with Gasteiger partial charge in [0.15, 0.2) is 5.11 Å². The van der Waals surface area contributed by atoms with Crippen molar-refractivity contribution in [1.82, 2.24) is 9.80 Å². The number of hydrogen-bond donors (Lipinski definition) is 0. The number of rotatable bonds is 4. The van der Waals surface area contributed by atoms with E-state index in [1.54, 1.807) is 32.3 Å². The van der Waals surface area contributed by atoms with Gasteiger partial charge in [-0.15, -0.1) is 11.3 Å². The zero-order valence-electron chi connectivity index (χ0n) is 16.8. The summed E-state index contributed by atoms with van der Waals surface area (Å²) in [6, 6.07) is 19.7. The molecule has 31 heavy (non-hydrogen) atoms. The maximum Gasteiger partial charge on any atom is 0.265 e. The summed E-state index contributed by atoms with van der Waals surface area (Å²) in [5.74, 6) is -1.17. The molecular formula is C23H18FN3O2S2. The Morgan fingerprint density at radius 1 is 0.871 bits per heavy atom.